The zero-order valence-electron chi connectivity index (χ0n) is 17.4. The fraction of sp³-hybridized carbons (Fsp3) is 0.409. The summed E-state index contributed by atoms with van der Waals surface area (Å²) in [6, 6.07) is 10.9. The molecule has 3 rings (SSSR count). The van der Waals surface area contributed by atoms with Crippen LogP contribution >= 0.6 is 0 Å². The van der Waals surface area contributed by atoms with E-state index in [-0.39, 0.29) is 23.6 Å². The van der Waals surface area contributed by atoms with Gasteiger partial charge < -0.3 is 10.1 Å². The molecular formula is C22H24F3NO4S. The van der Waals surface area contributed by atoms with Crippen LogP contribution in [-0.2, 0) is 26.3 Å². The summed E-state index contributed by atoms with van der Waals surface area (Å²) in [6.07, 6.45) is -4.48. The quantitative estimate of drug-likeness (QED) is 0.704. The van der Waals surface area contributed by atoms with Gasteiger partial charge in [0.15, 0.2) is 9.84 Å². The van der Waals surface area contributed by atoms with Gasteiger partial charge in [-0.05, 0) is 62.6 Å². The first-order valence-electron chi connectivity index (χ1n) is 9.72. The second-order valence-electron chi connectivity index (χ2n) is 8.20. The summed E-state index contributed by atoms with van der Waals surface area (Å²) in [4.78, 5) is 12.3. The molecule has 0 aliphatic heterocycles. The van der Waals surface area contributed by atoms with Crippen LogP contribution in [0.2, 0.25) is 0 Å². The van der Waals surface area contributed by atoms with Crippen molar-refractivity contribution >= 4 is 15.7 Å². The van der Waals surface area contributed by atoms with E-state index in [2.05, 4.69) is 5.32 Å². The number of hydrogen-bond acceptors (Lipinski definition) is 4. The number of nitrogens with one attached hydrogen (secondary N) is 1. The van der Waals surface area contributed by atoms with Crippen LogP contribution in [0.4, 0.5) is 13.2 Å². The fourth-order valence-electron chi connectivity index (χ4n) is 3.56. The summed E-state index contributed by atoms with van der Waals surface area (Å²) in [5.74, 6) is -0.105. The molecule has 1 N–H and O–H groups in total. The monoisotopic (exact) mass is 455 g/mol. The minimum absolute atomic E-state index is 0.0725. The summed E-state index contributed by atoms with van der Waals surface area (Å²) >= 11 is 0. The van der Waals surface area contributed by atoms with E-state index >= 15 is 0 Å². The Bertz CT molecular complexity index is 1060. The number of carbonyl (C=O) groups is 1. The van der Waals surface area contributed by atoms with Gasteiger partial charge in [-0.1, -0.05) is 18.2 Å². The van der Waals surface area contributed by atoms with Crippen molar-refractivity contribution < 1.29 is 31.1 Å². The average molecular weight is 455 g/mol. The molecule has 1 aliphatic carbocycles. The molecule has 0 heterocycles. The highest BCUT2D eigenvalue weighted by atomic mass is 32.2. The molecule has 0 atom stereocenters. The number of hydrogen-bond donors (Lipinski definition) is 1. The van der Waals surface area contributed by atoms with Gasteiger partial charge in [-0.15, -0.1) is 0 Å². The highest BCUT2D eigenvalue weighted by Crippen LogP contribution is 2.38. The van der Waals surface area contributed by atoms with Crippen LogP contribution < -0.4 is 10.1 Å². The molecule has 2 aromatic rings. The molecule has 0 bridgehead atoms. The number of rotatable bonds is 6. The first-order chi connectivity index (χ1) is 14.3. The van der Waals surface area contributed by atoms with Crippen LogP contribution in [-0.4, -0.2) is 26.7 Å². The van der Waals surface area contributed by atoms with E-state index in [0.717, 1.165) is 23.8 Å². The van der Waals surface area contributed by atoms with Gasteiger partial charge in [0.05, 0.1) is 28.4 Å². The van der Waals surface area contributed by atoms with Crippen molar-refractivity contribution in [3.05, 3.63) is 59.7 Å². The van der Waals surface area contributed by atoms with Crippen molar-refractivity contribution in [2.45, 2.75) is 48.5 Å². The Balaban J connectivity index is 1.65. The van der Waals surface area contributed by atoms with E-state index < -0.39 is 38.3 Å². The Morgan fingerprint density at radius 1 is 1.03 bits per heavy atom. The van der Waals surface area contributed by atoms with Crippen molar-refractivity contribution in [2.24, 2.45) is 5.92 Å². The van der Waals surface area contributed by atoms with Crippen LogP contribution in [0.25, 0.3) is 0 Å². The van der Waals surface area contributed by atoms with E-state index in [9.17, 15) is 26.4 Å². The van der Waals surface area contributed by atoms with Gasteiger partial charge in [0.25, 0.3) is 0 Å². The topological polar surface area (TPSA) is 72.5 Å². The van der Waals surface area contributed by atoms with Crippen molar-refractivity contribution in [1.82, 2.24) is 5.32 Å². The van der Waals surface area contributed by atoms with E-state index in [1.165, 1.54) is 0 Å². The summed E-state index contributed by atoms with van der Waals surface area (Å²) in [6.45, 7) is 3.67. The number of amides is 1. The summed E-state index contributed by atoms with van der Waals surface area (Å²) < 4.78 is 69.3. The van der Waals surface area contributed by atoms with Gasteiger partial charge >= 0.3 is 6.18 Å². The lowest BCUT2D eigenvalue weighted by Crippen LogP contribution is -2.49. The normalized spacial score (nSPS) is 19.4. The molecule has 5 nitrogen and oxygen atoms in total. The molecule has 31 heavy (non-hydrogen) atoms. The van der Waals surface area contributed by atoms with Crippen molar-refractivity contribution in [3.63, 3.8) is 0 Å². The molecule has 0 aromatic heterocycles. The predicted molar refractivity (Wildman–Crippen MR) is 109 cm³/mol. The Labute approximate surface area is 179 Å². The molecule has 1 fully saturated rings. The maximum absolute atomic E-state index is 12.9. The van der Waals surface area contributed by atoms with Gasteiger partial charge in [0.1, 0.15) is 5.75 Å². The fourth-order valence-corrected chi connectivity index (χ4v) is 5.48. The Morgan fingerprint density at radius 3 is 2.19 bits per heavy atom. The zero-order chi connectivity index (χ0) is 23.0. The van der Waals surface area contributed by atoms with Crippen LogP contribution in [0.3, 0.4) is 0 Å². The van der Waals surface area contributed by atoms with Gasteiger partial charge in [0, 0.05) is 5.92 Å². The lowest BCUT2D eigenvalue weighted by molar-refractivity contribution is -0.137. The van der Waals surface area contributed by atoms with E-state index in [1.54, 1.807) is 19.2 Å². The van der Waals surface area contributed by atoms with Crippen LogP contribution in [0.15, 0.2) is 53.4 Å². The van der Waals surface area contributed by atoms with Gasteiger partial charge in [-0.3, -0.25) is 4.79 Å². The minimum atomic E-state index is -4.62. The minimum Gasteiger partial charge on any atom is -0.497 e. The maximum Gasteiger partial charge on any atom is 0.416 e. The largest absolute Gasteiger partial charge is 0.497 e. The lowest BCUT2D eigenvalue weighted by Gasteiger charge is -2.37. The van der Waals surface area contributed by atoms with E-state index in [0.29, 0.717) is 11.8 Å². The first kappa shape index (κ1) is 23.1. The Morgan fingerprint density at radius 2 is 1.65 bits per heavy atom. The van der Waals surface area contributed by atoms with Gasteiger partial charge in [0.2, 0.25) is 5.91 Å². The molecule has 0 unspecified atom stereocenters. The van der Waals surface area contributed by atoms with Crippen molar-refractivity contribution in [2.75, 3.05) is 7.11 Å². The zero-order valence-corrected chi connectivity index (χ0v) is 18.2. The predicted octanol–water partition coefficient (Wildman–Crippen LogP) is 4.32. The number of ether oxygens (including phenoxy) is 1. The molecule has 0 radical (unpaired) electrons. The third-order valence-corrected chi connectivity index (χ3v) is 7.82. The molecule has 0 saturated heterocycles. The summed E-state index contributed by atoms with van der Waals surface area (Å²) in [5.41, 5.74) is -0.841. The summed E-state index contributed by atoms with van der Waals surface area (Å²) in [5, 5.41) is 2.05. The lowest BCUT2D eigenvalue weighted by atomic mass is 9.83. The molecule has 168 valence electrons. The highest BCUT2D eigenvalue weighted by Gasteiger charge is 2.44. The van der Waals surface area contributed by atoms with E-state index in [1.807, 2.05) is 26.0 Å². The standard InChI is InChI=1S/C22H24F3NO4S/c1-21(2,15-7-9-17(30-3)10-8-15)26-20(27)14-11-19(12-14)31(28,29)18-6-4-5-16(13-18)22(23,24)25/h4-10,13-14,19H,11-12H2,1-3H3,(H,26,27)/t14-,19-. The van der Waals surface area contributed by atoms with Gasteiger partial charge in [-0.25, -0.2) is 8.42 Å². The molecule has 9 heteroatoms. The SMILES string of the molecule is COc1ccc(C(C)(C)NC(=O)[C@H]2C[C@H](S(=O)(=O)c3cccc(C(F)(F)F)c3)C2)cc1. The summed E-state index contributed by atoms with van der Waals surface area (Å²) in [7, 11) is -2.39. The van der Waals surface area contributed by atoms with Gasteiger partial charge in [-0.2, -0.15) is 13.2 Å². The smallest absolute Gasteiger partial charge is 0.416 e. The Kier molecular flexibility index (Phi) is 6.10. The number of alkyl halides is 3. The van der Waals surface area contributed by atoms with Crippen LogP contribution in [0.1, 0.15) is 37.8 Å². The molecule has 1 aliphatic rings. The Hall–Kier alpha value is -2.55. The molecular weight excluding hydrogens is 431 g/mol. The van der Waals surface area contributed by atoms with Crippen molar-refractivity contribution in [3.8, 4) is 5.75 Å². The average Bonchev–Trinajstić information content (AvgIpc) is 2.65. The van der Waals surface area contributed by atoms with E-state index in [4.69, 9.17) is 4.74 Å². The number of sulfone groups is 1. The second-order valence-corrected chi connectivity index (χ2v) is 10.4. The molecule has 1 amide bonds. The molecule has 1 saturated carbocycles. The molecule has 2 aromatic carbocycles. The first-order valence-corrected chi connectivity index (χ1v) is 11.3. The third-order valence-electron chi connectivity index (χ3n) is 5.64. The number of carbonyl (C=O) groups excluding carboxylic acids is 1. The number of methoxy groups -OCH3 is 1. The highest BCUT2D eigenvalue weighted by molar-refractivity contribution is 7.92. The maximum atomic E-state index is 12.9. The van der Waals surface area contributed by atoms with Crippen LogP contribution in [0, 0.1) is 5.92 Å². The molecule has 0 spiro atoms. The number of halogens is 3. The van der Waals surface area contributed by atoms with Crippen molar-refractivity contribution in [1.29, 1.82) is 0 Å². The second kappa shape index (κ2) is 8.18. The third kappa shape index (κ3) is 4.87. The van der Waals surface area contributed by atoms with Crippen LogP contribution in [0.5, 0.6) is 5.75 Å². The number of benzene rings is 2.